The van der Waals surface area contributed by atoms with Gasteiger partial charge in [-0.25, -0.2) is 0 Å². The lowest BCUT2D eigenvalue weighted by Crippen LogP contribution is -2.36. The quantitative estimate of drug-likeness (QED) is 0.718. The van der Waals surface area contributed by atoms with E-state index >= 15 is 0 Å². The monoisotopic (exact) mass is 281 g/mol. The minimum absolute atomic E-state index is 0.0137. The van der Waals surface area contributed by atoms with Crippen LogP contribution in [-0.4, -0.2) is 38.5 Å². The van der Waals surface area contributed by atoms with E-state index in [1.165, 1.54) is 0 Å². The number of methoxy groups -OCH3 is 2. The zero-order chi connectivity index (χ0) is 15.1. The van der Waals surface area contributed by atoms with Gasteiger partial charge in [0.05, 0.1) is 19.8 Å². The molecule has 2 N–H and O–H groups in total. The molecular formula is C16H27NO3. The number of rotatable bonds is 8. The summed E-state index contributed by atoms with van der Waals surface area (Å²) in [6, 6.07) is 4.05. The van der Waals surface area contributed by atoms with Gasteiger partial charge in [0, 0.05) is 25.3 Å². The number of benzene rings is 1. The fraction of sp³-hybridized carbons (Fsp3) is 0.625. The van der Waals surface area contributed by atoms with Gasteiger partial charge in [0.25, 0.3) is 0 Å². The van der Waals surface area contributed by atoms with Gasteiger partial charge in [-0.2, -0.15) is 0 Å². The van der Waals surface area contributed by atoms with E-state index in [2.05, 4.69) is 18.3 Å². The van der Waals surface area contributed by atoms with E-state index in [0.717, 1.165) is 35.4 Å². The number of hydrogen-bond donors (Lipinski definition) is 2. The minimum Gasteiger partial charge on any atom is -0.496 e. The van der Waals surface area contributed by atoms with Crippen molar-refractivity contribution in [3.8, 4) is 5.75 Å². The molecule has 0 saturated carbocycles. The number of ether oxygens (including phenoxy) is 2. The molecule has 1 rings (SSSR count). The number of aliphatic hydroxyl groups is 1. The Labute approximate surface area is 122 Å². The second kappa shape index (κ2) is 8.25. The smallest absolute Gasteiger partial charge is 0.127 e. The third kappa shape index (κ3) is 4.20. The van der Waals surface area contributed by atoms with Crippen LogP contribution in [0.25, 0.3) is 0 Å². The van der Waals surface area contributed by atoms with Gasteiger partial charge in [0.15, 0.2) is 0 Å². The van der Waals surface area contributed by atoms with E-state index in [1.807, 2.05) is 19.9 Å². The molecule has 0 aliphatic heterocycles. The van der Waals surface area contributed by atoms with Crippen LogP contribution in [0.2, 0.25) is 0 Å². The zero-order valence-electron chi connectivity index (χ0n) is 13.2. The molecule has 0 heterocycles. The first-order valence-corrected chi connectivity index (χ1v) is 7.10. The van der Waals surface area contributed by atoms with Gasteiger partial charge in [-0.1, -0.05) is 18.6 Å². The van der Waals surface area contributed by atoms with Crippen LogP contribution in [0.1, 0.15) is 36.1 Å². The maximum absolute atomic E-state index is 10.7. The van der Waals surface area contributed by atoms with Crippen molar-refractivity contribution in [2.45, 2.75) is 39.3 Å². The standard InChI is InChI=1S/C16H27NO3/c1-6-14(17-7-8-19-4)15(18)13-10-11(2)9-12(3)16(13)20-5/h9-10,14-15,17-18H,6-8H2,1-5H3. The second-order valence-electron chi connectivity index (χ2n) is 5.11. The highest BCUT2D eigenvalue weighted by Crippen LogP contribution is 2.32. The summed E-state index contributed by atoms with van der Waals surface area (Å²) in [4.78, 5) is 0. The van der Waals surface area contributed by atoms with Crippen LogP contribution < -0.4 is 10.1 Å². The van der Waals surface area contributed by atoms with Crippen molar-refractivity contribution in [3.05, 3.63) is 28.8 Å². The molecule has 4 nitrogen and oxygen atoms in total. The first kappa shape index (κ1) is 17.0. The maximum atomic E-state index is 10.7. The van der Waals surface area contributed by atoms with E-state index in [0.29, 0.717) is 6.61 Å². The lowest BCUT2D eigenvalue weighted by atomic mass is 9.95. The van der Waals surface area contributed by atoms with Crippen LogP contribution in [0.3, 0.4) is 0 Å². The highest BCUT2D eigenvalue weighted by Gasteiger charge is 2.23. The molecular weight excluding hydrogens is 254 g/mol. The molecule has 0 aliphatic rings. The van der Waals surface area contributed by atoms with Crippen LogP contribution in [0, 0.1) is 13.8 Å². The van der Waals surface area contributed by atoms with Gasteiger partial charge >= 0.3 is 0 Å². The highest BCUT2D eigenvalue weighted by molar-refractivity contribution is 5.45. The van der Waals surface area contributed by atoms with Crippen molar-refractivity contribution in [1.82, 2.24) is 5.32 Å². The molecule has 0 saturated heterocycles. The predicted octanol–water partition coefficient (Wildman–Crippen LogP) is 2.36. The van der Waals surface area contributed by atoms with Crippen molar-refractivity contribution in [3.63, 3.8) is 0 Å². The molecule has 0 bridgehead atoms. The largest absolute Gasteiger partial charge is 0.496 e. The van der Waals surface area contributed by atoms with Crippen molar-refractivity contribution in [2.75, 3.05) is 27.4 Å². The summed E-state index contributed by atoms with van der Waals surface area (Å²) in [6.45, 7) is 7.44. The third-order valence-corrected chi connectivity index (χ3v) is 3.50. The molecule has 20 heavy (non-hydrogen) atoms. The Bertz CT molecular complexity index is 420. The van der Waals surface area contributed by atoms with E-state index < -0.39 is 6.10 Å². The molecule has 1 aromatic rings. The molecule has 0 spiro atoms. The SMILES string of the molecule is CCC(NCCOC)C(O)c1cc(C)cc(C)c1OC. The van der Waals surface area contributed by atoms with Crippen LogP contribution in [0.4, 0.5) is 0 Å². The van der Waals surface area contributed by atoms with Gasteiger partial charge in [-0.3, -0.25) is 0 Å². The van der Waals surface area contributed by atoms with Gasteiger partial charge in [0.1, 0.15) is 5.75 Å². The molecule has 0 aromatic heterocycles. The molecule has 2 atom stereocenters. The van der Waals surface area contributed by atoms with Crippen LogP contribution in [-0.2, 0) is 4.74 Å². The number of hydrogen-bond acceptors (Lipinski definition) is 4. The van der Waals surface area contributed by atoms with Crippen molar-refractivity contribution < 1.29 is 14.6 Å². The number of aryl methyl sites for hydroxylation is 2. The minimum atomic E-state index is -0.592. The Balaban J connectivity index is 2.96. The average molecular weight is 281 g/mol. The Morgan fingerprint density at radius 1 is 1.25 bits per heavy atom. The lowest BCUT2D eigenvalue weighted by Gasteiger charge is -2.25. The fourth-order valence-corrected chi connectivity index (χ4v) is 2.53. The Morgan fingerprint density at radius 2 is 1.95 bits per heavy atom. The molecule has 114 valence electrons. The third-order valence-electron chi connectivity index (χ3n) is 3.50. The van der Waals surface area contributed by atoms with Gasteiger partial charge in [-0.15, -0.1) is 0 Å². The van der Waals surface area contributed by atoms with Crippen LogP contribution in [0.15, 0.2) is 12.1 Å². The molecule has 0 amide bonds. The van der Waals surface area contributed by atoms with Crippen molar-refractivity contribution in [1.29, 1.82) is 0 Å². The first-order valence-electron chi connectivity index (χ1n) is 7.10. The van der Waals surface area contributed by atoms with E-state index in [1.54, 1.807) is 14.2 Å². The zero-order valence-corrected chi connectivity index (χ0v) is 13.2. The van der Waals surface area contributed by atoms with Gasteiger partial charge in [-0.05, 0) is 31.9 Å². The average Bonchev–Trinajstić information content (AvgIpc) is 2.42. The number of nitrogens with one attached hydrogen (secondary N) is 1. The summed E-state index contributed by atoms with van der Waals surface area (Å²) in [6.07, 6.45) is 0.242. The summed E-state index contributed by atoms with van der Waals surface area (Å²) < 4.78 is 10.5. The highest BCUT2D eigenvalue weighted by atomic mass is 16.5. The van der Waals surface area contributed by atoms with Crippen molar-refractivity contribution in [2.24, 2.45) is 0 Å². The first-order chi connectivity index (χ1) is 9.54. The summed E-state index contributed by atoms with van der Waals surface area (Å²) in [5.41, 5.74) is 3.03. The normalized spacial score (nSPS) is 14.1. The Morgan fingerprint density at radius 3 is 2.50 bits per heavy atom. The lowest BCUT2D eigenvalue weighted by molar-refractivity contribution is 0.114. The molecule has 2 unspecified atom stereocenters. The summed E-state index contributed by atoms with van der Waals surface area (Å²) >= 11 is 0. The van der Waals surface area contributed by atoms with Crippen molar-refractivity contribution >= 4 is 0 Å². The van der Waals surface area contributed by atoms with Crippen LogP contribution >= 0.6 is 0 Å². The maximum Gasteiger partial charge on any atom is 0.127 e. The van der Waals surface area contributed by atoms with E-state index in [9.17, 15) is 5.11 Å². The van der Waals surface area contributed by atoms with Crippen LogP contribution in [0.5, 0.6) is 5.75 Å². The number of aliphatic hydroxyl groups excluding tert-OH is 1. The summed E-state index contributed by atoms with van der Waals surface area (Å²) in [5, 5.41) is 14.0. The Kier molecular flexibility index (Phi) is 6.99. The Hall–Kier alpha value is -1.10. The van der Waals surface area contributed by atoms with E-state index in [4.69, 9.17) is 9.47 Å². The fourth-order valence-electron chi connectivity index (χ4n) is 2.53. The van der Waals surface area contributed by atoms with Gasteiger partial charge < -0.3 is 19.9 Å². The van der Waals surface area contributed by atoms with Gasteiger partial charge in [0.2, 0.25) is 0 Å². The second-order valence-corrected chi connectivity index (χ2v) is 5.11. The van der Waals surface area contributed by atoms with E-state index in [-0.39, 0.29) is 6.04 Å². The molecule has 4 heteroatoms. The summed E-state index contributed by atoms with van der Waals surface area (Å²) in [7, 11) is 3.32. The molecule has 0 fully saturated rings. The molecule has 1 aromatic carbocycles. The molecule has 0 radical (unpaired) electrons. The predicted molar refractivity (Wildman–Crippen MR) is 81.4 cm³/mol. The summed E-state index contributed by atoms with van der Waals surface area (Å²) in [5.74, 6) is 0.773. The molecule has 0 aliphatic carbocycles. The topological polar surface area (TPSA) is 50.7 Å².